The molecule has 0 bridgehead atoms. The third-order valence-electron chi connectivity index (χ3n) is 3.54. The molecule has 0 aromatic heterocycles. The van der Waals surface area contributed by atoms with Crippen LogP contribution in [0.4, 0.5) is 15.8 Å². The molecule has 1 aliphatic rings. The standard InChI is InChI=1S/C13H15FN2O4/c1-8-4-11(12(16(19)20)6-10(8)14)15-3-2-9(7-15)5-13(17)18/h4,6,9H,2-3,5,7H2,1H3,(H,17,18). The van der Waals surface area contributed by atoms with E-state index in [0.717, 1.165) is 6.07 Å². The second kappa shape index (κ2) is 5.44. The summed E-state index contributed by atoms with van der Waals surface area (Å²) in [6.45, 7) is 2.54. The van der Waals surface area contributed by atoms with E-state index < -0.39 is 16.7 Å². The Morgan fingerprint density at radius 3 is 2.90 bits per heavy atom. The van der Waals surface area contributed by atoms with Gasteiger partial charge in [0.15, 0.2) is 0 Å². The first-order chi connectivity index (χ1) is 9.38. The molecule has 0 amide bonds. The molecule has 1 aliphatic heterocycles. The highest BCUT2D eigenvalue weighted by Gasteiger charge is 2.29. The monoisotopic (exact) mass is 282 g/mol. The number of carboxylic acid groups (broad SMARTS) is 1. The Bertz CT molecular complexity index is 562. The van der Waals surface area contributed by atoms with E-state index in [1.807, 2.05) is 0 Å². The van der Waals surface area contributed by atoms with Crippen molar-refractivity contribution in [2.24, 2.45) is 5.92 Å². The lowest BCUT2D eigenvalue weighted by atomic mass is 10.1. The number of hydrogen-bond acceptors (Lipinski definition) is 4. The molecule has 0 radical (unpaired) electrons. The van der Waals surface area contributed by atoms with Crippen molar-refractivity contribution < 1.29 is 19.2 Å². The van der Waals surface area contributed by atoms with Gasteiger partial charge in [0.05, 0.1) is 11.0 Å². The molecule has 1 atom stereocenters. The van der Waals surface area contributed by atoms with Gasteiger partial charge in [-0.2, -0.15) is 0 Å². The second-order valence-electron chi connectivity index (χ2n) is 5.05. The van der Waals surface area contributed by atoms with E-state index in [9.17, 15) is 19.3 Å². The lowest BCUT2D eigenvalue weighted by Gasteiger charge is -2.19. The van der Waals surface area contributed by atoms with Gasteiger partial charge >= 0.3 is 5.97 Å². The largest absolute Gasteiger partial charge is 0.481 e. The van der Waals surface area contributed by atoms with E-state index in [1.165, 1.54) is 6.07 Å². The minimum absolute atomic E-state index is 0.0301. The van der Waals surface area contributed by atoms with Crippen LogP contribution in [0.15, 0.2) is 12.1 Å². The predicted molar refractivity (Wildman–Crippen MR) is 70.4 cm³/mol. The van der Waals surface area contributed by atoms with Crippen LogP contribution in [0, 0.1) is 28.8 Å². The van der Waals surface area contributed by atoms with Crippen molar-refractivity contribution >= 4 is 17.3 Å². The summed E-state index contributed by atoms with van der Waals surface area (Å²) in [5.41, 5.74) is 0.429. The van der Waals surface area contributed by atoms with E-state index in [2.05, 4.69) is 0 Å². The first-order valence-electron chi connectivity index (χ1n) is 6.29. The van der Waals surface area contributed by atoms with Gasteiger partial charge in [-0.25, -0.2) is 4.39 Å². The molecule has 1 N–H and O–H groups in total. The Kier molecular flexibility index (Phi) is 3.87. The molecule has 1 saturated heterocycles. The number of halogens is 1. The smallest absolute Gasteiger partial charge is 0.303 e. The van der Waals surface area contributed by atoms with Crippen LogP contribution in [0.2, 0.25) is 0 Å². The lowest BCUT2D eigenvalue weighted by molar-refractivity contribution is -0.384. The summed E-state index contributed by atoms with van der Waals surface area (Å²) < 4.78 is 13.5. The molecule has 0 aliphatic carbocycles. The molecule has 1 aromatic carbocycles. The van der Waals surface area contributed by atoms with Gasteiger partial charge < -0.3 is 10.0 Å². The van der Waals surface area contributed by atoms with Crippen molar-refractivity contribution in [1.82, 2.24) is 0 Å². The third kappa shape index (κ3) is 2.87. The summed E-state index contributed by atoms with van der Waals surface area (Å²) in [6, 6.07) is 2.38. The zero-order valence-electron chi connectivity index (χ0n) is 11.0. The lowest BCUT2D eigenvalue weighted by Crippen LogP contribution is -2.21. The maximum Gasteiger partial charge on any atom is 0.303 e. The molecule has 1 unspecified atom stereocenters. The van der Waals surface area contributed by atoms with Gasteiger partial charge in [0.1, 0.15) is 11.5 Å². The number of aliphatic carboxylic acids is 1. The van der Waals surface area contributed by atoms with Crippen LogP contribution >= 0.6 is 0 Å². The number of carboxylic acids is 1. The molecule has 1 heterocycles. The van der Waals surface area contributed by atoms with E-state index in [-0.39, 0.29) is 18.0 Å². The number of nitrogens with zero attached hydrogens (tertiary/aromatic N) is 2. The number of nitro benzene ring substituents is 1. The van der Waals surface area contributed by atoms with Crippen LogP contribution in [-0.4, -0.2) is 29.1 Å². The van der Waals surface area contributed by atoms with Crippen LogP contribution < -0.4 is 4.90 Å². The van der Waals surface area contributed by atoms with Gasteiger partial charge in [-0.3, -0.25) is 14.9 Å². The first-order valence-corrected chi connectivity index (χ1v) is 6.29. The van der Waals surface area contributed by atoms with Gasteiger partial charge in [0, 0.05) is 19.5 Å². The highest BCUT2D eigenvalue weighted by molar-refractivity contribution is 5.68. The Morgan fingerprint density at radius 2 is 2.30 bits per heavy atom. The summed E-state index contributed by atoms with van der Waals surface area (Å²) in [4.78, 5) is 22.9. The van der Waals surface area contributed by atoms with Crippen LogP contribution in [0.1, 0.15) is 18.4 Å². The molecule has 1 aromatic rings. The van der Waals surface area contributed by atoms with Crippen LogP contribution in [0.25, 0.3) is 0 Å². The molecular formula is C13H15FN2O4. The van der Waals surface area contributed by atoms with E-state index in [0.29, 0.717) is 30.8 Å². The van der Waals surface area contributed by atoms with Crippen molar-refractivity contribution in [2.45, 2.75) is 19.8 Å². The fraction of sp³-hybridized carbons (Fsp3) is 0.462. The zero-order valence-corrected chi connectivity index (χ0v) is 11.0. The third-order valence-corrected chi connectivity index (χ3v) is 3.54. The second-order valence-corrected chi connectivity index (χ2v) is 5.05. The van der Waals surface area contributed by atoms with Crippen LogP contribution in [-0.2, 0) is 4.79 Å². The van der Waals surface area contributed by atoms with E-state index >= 15 is 0 Å². The first kappa shape index (κ1) is 14.2. The van der Waals surface area contributed by atoms with Crippen molar-refractivity contribution in [3.63, 3.8) is 0 Å². The molecule has 20 heavy (non-hydrogen) atoms. The minimum atomic E-state index is -0.873. The van der Waals surface area contributed by atoms with Crippen molar-refractivity contribution in [2.75, 3.05) is 18.0 Å². The maximum atomic E-state index is 13.5. The molecule has 2 rings (SSSR count). The number of anilines is 1. The van der Waals surface area contributed by atoms with Crippen molar-refractivity contribution in [1.29, 1.82) is 0 Å². The average molecular weight is 282 g/mol. The predicted octanol–water partition coefficient (Wildman–Crippen LogP) is 2.34. The van der Waals surface area contributed by atoms with Crippen molar-refractivity contribution in [3.05, 3.63) is 33.6 Å². The number of carbonyl (C=O) groups is 1. The number of hydrogen-bond donors (Lipinski definition) is 1. The highest BCUT2D eigenvalue weighted by atomic mass is 19.1. The number of aryl methyl sites for hydroxylation is 1. The fourth-order valence-electron chi connectivity index (χ4n) is 2.52. The number of rotatable bonds is 4. The van der Waals surface area contributed by atoms with Gasteiger partial charge in [0.25, 0.3) is 5.69 Å². The van der Waals surface area contributed by atoms with Gasteiger partial charge in [-0.15, -0.1) is 0 Å². The van der Waals surface area contributed by atoms with Gasteiger partial charge in [-0.1, -0.05) is 0 Å². The van der Waals surface area contributed by atoms with E-state index in [4.69, 9.17) is 5.11 Å². The molecular weight excluding hydrogens is 267 g/mol. The molecule has 1 fully saturated rings. The van der Waals surface area contributed by atoms with Crippen LogP contribution in [0.5, 0.6) is 0 Å². The quantitative estimate of drug-likeness (QED) is 0.677. The fourth-order valence-corrected chi connectivity index (χ4v) is 2.52. The molecule has 0 saturated carbocycles. The van der Waals surface area contributed by atoms with Gasteiger partial charge in [0.2, 0.25) is 0 Å². The van der Waals surface area contributed by atoms with Gasteiger partial charge in [-0.05, 0) is 30.9 Å². The Balaban J connectivity index is 2.27. The average Bonchev–Trinajstić information content (AvgIpc) is 2.79. The molecule has 7 heteroatoms. The summed E-state index contributed by atoms with van der Waals surface area (Å²) in [6.07, 6.45) is 0.713. The molecule has 108 valence electrons. The number of benzene rings is 1. The Labute approximate surface area is 115 Å². The SMILES string of the molecule is Cc1cc(N2CCC(CC(=O)O)C2)c([N+](=O)[O-])cc1F. The summed E-state index contributed by atoms with van der Waals surface area (Å²) >= 11 is 0. The topological polar surface area (TPSA) is 83.7 Å². The highest BCUT2D eigenvalue weighted by Crippen LogP contribution is 2.34. The zero-order chi connectivity index (χ0) is 14.9. The minimum Gasteiger partial charge on any atom is -0.481 e. The Morgan fingerprint density at radius 1 is 1.60 bits per heavy atom. The van der Waals surface area contributed by atoms with Crippen molar-refractivity contribution in [3.8, 4) is 0 Å². The Hall–Kier alpha value is -2.18. The van der Waals surface area contributed by atoms with E-state index in [1.54, 1.807) is 11.8 Å². The maximum absolute atomic E-state index is 13.5. The van der Waals surface area contributed by atoms with Crippen LogP contribution in [0.3, 0.4) is 0 Å². The molecule has 0 spiro atoms. The summed E-state index contributed by atoms with van der Waals surface area (Å²) in [5, 5.41) is 19.8. The normalized spacial score (nSPS) is 18.3. The molecule has 6 nitrogen and oxygen atoms in total. The number of nitro groups is 1. The summed E-state index contributed by atoms with van der Waals surface area (Å²) in [5.74, 6) is -1.51. The summed E-state index contributed by atoms with van der Waals surface area (Å²) in [7, 11) is 0.